The van der Waals surface area contributed by atoms with Gasteiger partial charge >= 0.3 is 0 Å². The van der Waals surface area contributed by atoms with Gasteiger partial charge in [0.2, 0.25) is 0 Å². The number of nitrogens with zero attached hydrogens (tertiary/aromatic N) is 5. The third kappa shape index (κ3) is 4.61. The molecule has 2 heterocycles. The Morgan fingerprint density at radius 2 is 1.68 bits per heavy atom. The summed E-state index contributed by atoms with van der Waals surface area (Å²) in [5.74, 6) is 0.983. The average Bonchev–Trinajstić information content (AvgIpc) is 3.67. The van der Waals surface area contributed by atoms with Crippen LogP contribution < -0.4 is 5.56 Å². The van der Waals surface area contributed by atoms with Gasteiger partial charge in [0.15, 0.2) is 5.82 Å². The van der Waals surface area contributed by atoms with E-state index < -0.39 is 0 Å². The lowest BCUT2D eigenvalue weighted by atomic mass is 9.91. The Labute approximate surface area is 217 Å². The number of aryl methyl sites for hydroxylation is 2. The van der Waals surface area contributed by atoms with Crippen LogP contribution >= 0.6 is 0 Å². The molecule has 2 aromatic heterocycles. The van der Waals surface area contributed by atoms with Gasteiger partial charge in [0, 0.05) is 24.2 Å². The predicted octanol–water partition coefficient (Wildman–Crippen LogP) is 5.72. The summed E-state index contributed by atoms with van der Waals surface area (Å²) in [5, 5.41) is 14.5. The maximum absolute atomic E-state index is 13.3. The highest BCUT2D eigenvalue weighted by atomic mass is 16.1. The number of aromatic amines is 1. The number of tetrazole rings is 1. The van der Waals surface area contributed by atoms with Crippen LogP contribution in [0.3, 0.4) is 0 Å². The minimum absolute atomic E-state index is 0.0196. The fraction of sp³-hybridized carbons (Fsp3) is 0.467. The van der Waals surface area contributed by atoms with Gasteiger partial charge in [0.25, 0.3) is 5.56 Å². The first-order valence-electron chi connectivity index (χ1n) is 13.7. The largest absolute Gasteiger partial charge is 0.322 e. The average molecular weight is 497 g/mol. The van der Waals surface area contributed by atoms with Gasteiger partial charge in [-0.05, 0) is 79.1 Å². The van der Waals surface area contributed by atoms with Crippen molar-refractivity contribution in [3.05, 3.63) is 87.0 Å². The van der Waals surface area contributed by atoms with Gasteiger partial charge in [0.1, 0.15) is 0 Å². The van der Waals surface area contributed by atoms with E-state index in [-0.39, 0.29) is 11.1 Å². The quantitative estimate of drug-likeness (QED) is 0.354. The summed E-state index contributed by atoms with van der Waals surface area (Å²) < 4.78 is 2.13. The number of nitrogens with one attached hydrogen (secondary N) is 1. The molecule has 0 saturated heterocycles. The molecular weight excluding hydrogens is 460 g/mol. The molecule has 6 rings (SSSR count). The molecule has 0 unspecified atom stereocenters. The Morgan fingerprint density at radius 1 is 0.946 bits per heavy atom. The Balaban J connectivity index is 1.45. The summed E-state index contributed by atoms with van der Waals surface area (Å²) in [6.07, 6.45) is 8.99. The summed E-state index contributed by atoms with van der Waals surface area (Å²) in [7, 11) is 0. The minimum atomic E-state index is -0.301. The highest BCUT2D eigenvalue weighted by Crippen LogP contribution is 2.46. The van der Waals surface area contributed by atoms with Crippen molar-refractivity contribution in [1.29, 1.82) is 0 Å². The number of hydrogen-bond acceptors (Lipinski definition) is 5. The van der Waals surface area contributed by atoms with Crippen LogP contribution in [0, 0.1) is 13.8 Å². The van der Waals surface area contributed by atoms with E-state index in [0.717, 1.165) is 67.4 Å². The molecule has 7 heteroatoms. The normalized spacial score (nSPS) is 17.8. The molecule has 4 aromatic rings. The molecule has 7 nitrogen and oxygen atoms in total. The van der Waals surface area contributed by atoms with Gasteiger partial charge < -0.3 is 4.98 Å². The zero-order valence-electron chi connectivity index (χ0n) is 21.9. The van der Waals surface area contributed by atoms with Gasteiger partial charge in [-0.2, -0.15) is 0 Å². The van der Waals surface area contributed by atoms with E-state index in [2.05, 4.69) is 75.2 Å². The van der Waals surface area contributed by atoms with Crippen LogP contribution in [0.2, 0.25) is 0 Å². The van der Waals surface area contributed by atoms with Gasteiger partial charge in [-0.25, -0.2) is 4.68 Å². The van der Waals surface area contributed by atoms with E-state index >= 15 is 0 Å². The number of benzene rings is 2. The van der Waals surface area contributed by atoms with Gasteiger partial charge in [0.05, 0.1) is 11.6 Å². The van der Waals surface area contributed by atoms with Crippen LogP contribution in [-0.4, -0.2) is 30.1 Å². The molecule has 0 radical (unpaired) electrons. The van der Waals surface area contributed by atoms with E-state index in [0.29, 0.717) is 12.6 Å². The molecule has 0 aliphatic heterocycles. The lowest BCUT2D eigenvalue weighted by Gasteiger charge is -2.41. The molecule has 2 aliphatic rings. The summed E-state index contributed by atoms with van der Waals surface area (Å²) in [5.41, 5.74) is 5.02. The van der Waals surface area contributed by atoms with Crippen LogP contribution in [-0.2, 0) is 18.6 Å². The zero-order chi connectivity index (χ0) is 25.4. The summed E-state index contributed by atoms with van der Waals surface area (Å²) in [6.45, 7) is 5.49. The Bertz CT molecular complexity index is 1440. The Hall–Kier alpha value is -3.32. The van der Waals surface area contributed by atoms with E-state index in [9.17, 15) is 4.79 Å². The Morgan fingerprint density at radius 3 is 2.43 bits per heavy atom. The lowest BCUT2D eigenvalue weighted by Crippen LogP contribution is -2.46. The van der Waals surface area contributed by atoms with E-state index in [1.54, 1.807) is 0 Å². The van der Waals surface area contributed by atoms with Crippen LogP contribution in [0.15, 0.2) is 53.3 Å². The highest BCUT2D eigenvalue weighted by Gasteiger charge is 2.46. The molecule has 0 spiro atoms. The standard InChI is InChI=1S/C30H36N6O/c1-21-9-12-23(13-10-21)19-35(20-25-18-24-17-22(2)11-14-27(24)31-28(25)37)30(15-5-6-16-30)29-32-33-34-36(29)26-7-3-4-8-26/h9-14,17-18,26H,3-8,15-16,19-20H2,1-2H3,(H,31,37). The smallest absolute Gasteiger partial charge is 0.252 e. The number of aromatic nitrogens is 5. The van der Waals surface area contributed by atoms with Crippen molar-refractivity contribution in [3.8, 4) is 0 Å². The number of pyridine rings is 1. The molecule has 0 atom stereocenters. The number of hydrogen-bond donors (Lipinski definition) is 1. The molecular formula is C30H36N6O. The van der Waals surface area contributed by atoms with Crippen molar-refractivity contribution >= 4 is 10.9 Å². The number of fused-ring (bicyclic) bond motifs is 1. The fourth-order valence-electron chi connectivity index (χ4n) is 6.50. The maximum atomic E-state index is 13.3. The lowest BCUT2D eigenvalue weighted by molar-refractivity contribution is 0.0575. The number of rotatable bonds is 7. The summed E-state index contributed by atoms with van der Waals surface area (Å²) in [4.78, 5) is 18.9. The number of H-pyrrole nitrogens is 1. The highest BCUT2D eigenvalue weighted by molar-refractivity contribution is 5.79. The first kappa shape index (κ1) is 24.0. The molecule has 2 aliphatic carbocycles. The third-order valence-corrected chi connectivity index (χ3v) is 8.55. The summed E-state index contributed by atoms with van der Waals surface area (Å²) in [6, 6.07) is 17.4. The second-order valence-corrected chi connectivity index (χ2v) is 11.2. The van der Waals surface area contributed by atoms with Crippen molar-refractivity contribution in [1.82, 2.24) is 30.1 Å². The second kappa shape index (κ2) is 9.86. The molecule has 37 heavy (non-hydrogen) atoms. The van der Waals surface area contributed by atoms with Crippen LogP contribution in [0.25, 0.3) is 10.9 Å². The van der Waals surface area contributed by atoms with E-state index in [4.69, 9.17) is 5.10 Å². The van der Waals surface area contributed by atoms with Crippen LogP contribution in [0.5, 0.6) is 0 Å². The van der Waals surface area contributed by atoms with Crippen LogP contribution in [0.4, 0.5) is 0 Å². The van der Waals surface area contributed by atoms with Crippen molar-refractivity contribution in [3.63, 3.8) is 0 Å². The zero-order valence-corrected chi connectivity index (χ0v) is 21.9. The first-order chi connectivity index (χ1) is 18.0. The third-order valence-electron chi connectivity index (χ3n) is 8.55. The molecule has 1 N–H and O–H groups in total. The summed E-state index contributed by atoms with van der Waals surface area (Å²) >= 11 is 0. The molecule has 2 aromatic carbocycles. The monoisotopic (exact) mass is 496 g/mol. The van der Waals surface area contributed by atoms with Gasteiger partial charge in [-0.15, -0.1) is 5.10 Å². The maximum Gasteiger partial charge on any atom is 0.252 e. The second-order valence-electron chi connectivity index (χ2n) is 11.2. The van der Waals surface area contributed by atoms with Crippen molar-refractivity contribution in [2.75, 3.05) is 0 Å². The van der Waals surface area contributed by atoms with Crippen LogP contribution in [0.1, 0.15) is 85.5 Å². The molecule has 0 bridgehead atoms. The van der Waals surface area contributed by atoms with E-state index in [1.807, 2.05) is 12.1 Å². The minimum Gasteiger partial charge on any atom is -0.322 e. The van der Waals surface area contributed by atoms with Gasteiger partial charge in [-0.3, -0.25) is 9.69 Å². The van der Waals surface area contributed by atoms with Crippen molar-refractivity contribution in [2.24, 2.45) is 0 Å². The molecule has 2 saturated carbocycles. The SMILES string of the molecule is Cc1ccc(CN(Cc2cc3cc(C)ccc3[nH]c2=O)C2(c3nnnn3C3CCCC3)CCCC2)cc1. The van der Waals surface area contributed by atoms with E-state index in [1.165, 1.54) is 29.5 Å². The Kier molecular flexibility index (Phi) is 6.41. The molecule has 0 amide bonds. The van der Waals surface area contributed by atoms with Crippen molar-refractivity contribution < 1.29 is 0 Å². The van der Waals surface area contributed by atoms with Crippen molar-refractivity contribution in [2.45, 2.75) is 89.9 Å². The topological polar surface area (TPSA) is 79.7 Å². The predicted molar refractivity (Wildman–Crippen MR) is 145 cm³/mol. The first-order valence-corrected chi connectivity index (χ1v) is 13.7. The fourth-order valence-corrected chi connectivity index (χ4v) is 6.50. The van der Waals surface area contributed by atoms with Gasteiger partial charge in [-0.1, -0.05) is 67.1 Å². The molecule has 2 fully saturated rings. The molecule has 192 valence electrons.